The second-order valence-electron chi connectivity index (χ2n) is 5.01. The number of piperidine rings is 1. The molecule has 1 aromatic rings. The van der Waals surface area contributed by atoms with Gasteiger partial charge in [0.2, 0.25) is 0 Å². The van der Waals surface area contributed by atoms with Gasteiger partial charge in [-0.25, -0.2) is 4.39 Å². The van der Waals surface area contributed by atoms with Crippen LogP contribution in [-0.2, 0) is 6.54 Å². The molecule has 1 aromatic carbocycles. The Kier molecular flexibility index (Phi) is 3.67. The van der Waals surface area contributed by atoms with Crippen molar-refractivity contribution in [3.05, 3.63) is 29.6 Å². The summed E-state index contributed by atoms with van der Waals surface area (Å²) in [6.07, 6.45) is 2.36. The van der Waals surface area contributed by atoms with Crippen LogP contribution in [0.2, 0.25) is 0 Å². The molecule has 0 aliphatic carbocycles. The number of hydrogen-bond acceptors (Lipinski definition) is 2. The fraction of sp³-hybridized carbons (Fsp3) is 0.571. The number of hydrogen-bond donors (Lipinski definition) is 1. The number of nitrogens with two attached hydrogens (primary N) is 1. The van der Waals surface area contributed by atoms with E-state index in [4.69, 9.17) is 5.73 Å². The van der Waals surface area contributed by atoms with E-state index in [1.165, 1.54) is 12.5 Å². The molecule has 2 unspecified atom stereocenters. The maximum absolute atomic E-state index is 14.0. The summed E-state index contributed by atoms with van der Waals surface area (Å²) in [7, 11) is 0. The number of rotatable bonds is 2. The van der Waals surface area contributed by atoms with Gasteiger partial charge in [0.05, 0.1) is 5.69 Å². The van der Waals surface area contributed by atoms with Crippen LogP contribution in [0.25, 0.3) is 0 Å². The molecule has 2 atom stereocenters. The zero-order chi connectivity index (χ0) is 12.4. The molecule has 1 aliphatic heterocycles. The van der Waals surface area contributed by atoms with Crippen molar-refractivity contribution < 1.29 is 4.39 Å². The lowest BCUT2D eigenvalue weighted by atomic mass is 9.91. The Balaban J connectivity index is 2.38. The zero-order valence-electron chi connectivity index (χ0n) is 10.6. The molecular formula is C14H21FN2. The minimum atomic E-state index is -0.145. The molecule has 1 fully saturated rings. The summed E-state index contributed by atoms with van der Waals surface area (Å²) in [5, 5.41) is 0. The fourth-order valence-corrected chi connectivity index (χ4v) is 2.70. The largest absolute Gasteiger partial charge is 0.366 e. The summed E-state index contributed by atoms with van der Waals surface area (Å²) in [5.74, 6) is 0.461. The van der Waals surface area contributed by atoms with Gasteiger partial charge in [-0.15, -0.1) is 0 Å². The van der Waals surface area contributed by atoms with Crippen LogP contribution in [0.4, 0.5) is 10.1 Å². The highest BCUT2D eigenvalue weighted by molar-refractivity contribution is 5.56. The highest BCUT2D eigenvalue weighted by Gasteiger charge is 2.27. The average Bonchev–Trinajstić information content (AvgIpc) is 2.33. The Morgan fingerprint density at radius 2 is 2.18 bits per heavy atom. The van der Waals surface area contributed by atoms with Crippen molar-refractivity contribution in [2.45, 2.75) is 39.3 Å². The van der Waals surface area contributed by atoms with Crippen molar-refractivity contribution in [2.24, 2.45) is 11.7 Å². The Morgan fingerprint density at radius 3 is 2.88 bits per heavy atom. The number of para-hydroxylation sites is 1. The smallest absolute Gasteiger partial charge is 0.146 e. The molecule has 0 saturated carbocycles. The highest BCUT2D eigenvalue weighted by Crippen LogP contribution is 2.32. The molecule has 94 valence electrons. The molecule has 17 heavy (non-hydrogen) atoms. The molecule has 0 radical (unpaired) electrons. The summed E-state index contributed by atoms with van der Waals surface area (Å²) < 4.78 is 14.0. The Labute approximate surface area is 103 Å². The van der Waals surface area contributed by atoms with Gasteiger partial charge >= 0.3 is 0 Å². The van der Waals surface area contributed by atoms with E-state index in [0.717, 1.165) is 18.5 Å². The van der Waals surface area contributed by atoms with Crippen molar-refractivity contribution >= 4 is 5.69 Å². The van der Waals surface area contributed by atoms with Crippen LogP contribution in [0.5, 0.6) is 0 Å². The number of benzene rings is 1. The highest BCUT2D eigenvalue weighted by atomic mass is 19.1. The molecule has 0 spiro atoms. The van der Waals surface area contributed by atoms with E-state index in [2.05, 4.69) is 18.7 Å². The average molecular weight is 236 g/mol. The normalized spacial score (nSPS) is 25.1. The van der Waals surface area contributed by atoms with Crippen molar-refractivity contribution in [2.75, 3.05) is 11.4 Å². The zero-order valence-corrected chi connectivity index (χ0v) is 10.6. The predicted octanol–water partition coefficient (Wildman–Crippen LogP) is 2.91. The van der Waals surface area contributed by atoms with Crippen LogP contribution in [-0.4, -0.2) is 12.6 Å². The van der Waals surface area contributed by atoms with E-state index in [1.54, 1.807) is 6.07 Å². The van der Waals surface area contributed by atoms with Crippen LogP contribution in [0.3, 0.4) is 0 Å². The molecule has 2 nitrogen and oxygen atoms in total. The van der Waals surface area contributed by atoms with E-state index in [1.807, 2.05) is 6.07 Å². The first kappa shape index (κ1) is 12.4. The summed E-state index contributed by atoms with van der Waals surface area (Å²) in [6.45, 7) is 5.74. The van der Waals surface area contributed by atoms with Gasteiger partial charge in [0, 0.05) is 19.1 Å². The van der Waals surface area contributed by atoms with Crippen LogP contribution in [0.15, 0.2) is 18.2 Å². The van der Waals surface area contributed by atoms with Gasteiger partial charge in [0.15, 0.2) is 0 Å². The van der Waals surface area contributed by atoms with Crippen LogP contribution >= 0.6 is 0 Å². The van der Waals surface area contributed by atoms with Crippen molar-refractivity contribution in [3.8, 4) is 0 Å². The lowest BCUT2D eigenvalue weighted by Gasteiger charge is -2.40. The van der Waals surface area contributed by atoms with Gasteiger partial charge in [0.1, 0.15) is 5.82 Å². The lowest BCUT2D eigenvalue weighted by molar-refractivity contribution is 0.360. The topological polar surface area (TPSA) is 29.3 Å². The second kappa shape index (κ2) is 5.05. The minimum Gasteiger partial charge on any atom is -0.366 e. The van der Waals surface area contributed by atoms with Crippen molar-refractivity contribution in [1.29, 1.82) is 0 Å². The Morgan fingerprint density at radius 1 is 1.41 bits per heavy atom. The quantitative estimate of drug-likeness (QED) is 0.855. The molecule has 0 aromatic heterocycles. The summed E-state index contributed by atoms with van der Waals surface area (Å²) in [5.41, 5.74) is 7.34. The number of anilines is 1. The van der Waals surface area contributed by atoms with Crippen LogP contribution < -0.4 is 10.6 Å². The second-order valence-corrected chi connectivity index (χ2v) is 5.01. The van der Waals surface area contributed by atoms with E-state index in [9.17, 15) is 4.39 Å². The van der Waals surface area contributed by atoms with Crippen LogP contribution in [0.1, 0.15) is 32.3 Å². The van der Waals surface area contributed by atoms with Gasteiger partial charge in [-0.05, 0) is 37.3 Å². The van der Waals surface area contributed by atoms with Gasteiger partial charge in [0.25, 0.3) is 0 Å². The summed E-state index contributed by atoms with van der Waals surface area (Å²) >= 11 is 0. The molecule has 3 heteroatoms. The summed E-state index contributed by atoms with van der Waals surface area (Å²) in [4.78, 5) is 2.19. The molecular weight excluding hydrogens is 215 g/mol. The third kappa shape index (κ3) is 2.29. The number of nitrogens with zero attached hydrogens (tertiary/aromatic N) is 1. The maximum atomic E-state index is 14.0. The Hall–Kier alpha value is -1.09. The molecule has 2 rings (SSSR count). The molecule has 1 saturated heterocycles. The van der Waals surface area contributed by atoms with Gasteiger partial charge < -0.3 is 10.6 Å². The van der Waals surface area contributed by atoms with Gasteiger partial charge in [-0.1, -0.05) is 19.1 Å². The van der Waals surface area contributed by atoms with Crippen molar-refractivity contribution in [1.82, 2.24) is 0 Å². The molecule has 0 amide bonds. The van der Waals surface area contributed by atoms with Gasteiger partial charge in [-0.3, -0.25) is 0 Å². The first-order valence-corrected chi connectivity index (χ1v) is 6.39. The van der Waals surface area contributed by atoms with Crippen LogP contribution in [0, 0.1) is 11.7 Å². The lowest BCUT2D eigenvalue weighted by Crippen LogP contribution is -2.43. The van der Waals surface area contributed by atoms with E-state index < -0.39 is 0 Å². The first-order chi connectivity index (χ1) is 8.15. The monoisotopic (exact) mass is 236 g/mol. The minimum absolute atomic E-state index is 0.145. The van der Waals surface area contributed by atoms with E-state index in [0.29, 0.717) is 24.2 Å². The van der Waals surface area contributed by atoms with Crippen molar-refractivity contribution in [3.63, 3.8) is 0 Å². The maximum Gasteiger partial charge on any atom is 0.146 e. The standard InChI is InChI=1S/C14H21FN2/c1-10-5-4-8-17(11(10)2)14-12(9-16)6-3-7-13(14)15/h3,6-7,10-11H,4-5,8-9,16H2,1-2H3. The van der Waals surface area contributed by atoms with E-state index >= 15 is 0 Å². The van der Waals surface area contributed by atoms with E-state index in [-0.39, 0.29) is 5.82 Å². The molecule has 0 bridgehead atoms. The molecule has 2 N–H and O–H groups in total. The SMILES string of the molecule is CC1CCCN(c2c(F)cccc2CN)C1C. The third-order valence-electron chi connectivity index (χ3n) is 3.95. The fourth-order valence-electron chi connectivity index (χ4n) is 2.70. The number of halogens is 1. The molecule has 1 aliphatic rings. The Bertz CT molecular complexity index is 392. The van der Waals surface area contributed by atoms with Gasteiger partial charge in [-0.2, -0.15) is 0 Å². The third-order valence-corrected chi connectivity index (χ3v) is 3.95. The summed E-state index contributed by atoms with van der Waals surface area (Å²) in [6, 6.07) is 5.56. The predicted molar refractivity (Wildman–Crippen MR) is 69.5 cm³/mol. The first-order valence-electron chi connectivity index (χ1n) is 6.39. The molecule has 1 heterocycles.